The highest BCUT2D eigenvalue weighted by Gasteiger charge is 2.44. The third kappa shape index (κ3) is 2.50. The maximum Gasteiger partial charge on any atom is 0.224 e. The van der Waals surface area contributed by atoms with Crippen molar-refractivity contribution in [3.8, 4) is 12.3 Å². The largest absolute Gasteiger partial charge is 0.394 e. The average molecular weight is 344 g/mol. The minimum atomic E-state index is -0.967. The molecule has 1 aliphatic carbocycles. The van der Waals surface area contributed by atoms with Crippen molar-refractivity contribution in [3.05, 3.63) is 6.33 Å². The highest BCUT2D eigenvalue weighted by atomic mass is 16.5. The molecule has 1 saturated heterocycles. The smallest absolute Gasteiger partial charge is 0.224 e. The maximum atomic E-state index is 10.2. The molecule has 1 aliphatic heterocycles. The monoisotopic (exact) mass is 344 g/mol. The van der Waals surface area contributed by atoms with E-state index in [4.69, 9.17) is 16.9 Å². The number of rotatable bonds is 4. The first-order valence-electron chi connectivity index (χ1n) is 8.18. The number of nitrogen functional groups attached to an aromatic ring is 1. The van der Waals surface area contributed by atoms with Crippen LogP contribution in [0.2, 0.25) is 0 Å². The molecule has 2 aromatic heterocycles. The minimum Gasteiger partial charge on any atom is -0.394 e. The van der Waals surface area contributed by atoms with E-state index in [1.807, 2.05) is 7.05 Å². The number of nitrogens with zero attached hydrogens (tertiary/aromatic N) is 5. The Kier molecular flexibility index (Phi) is 3.76. The van der Waals surface area contributed by atoms with Crippen molar-refractivity contribution >= 4 is 22.9 Å². The Morgan fingerprint density at radius 2 is 2.24 bits per heavy atom. The highest BCUT2D eigenvalue weighted by Crippen LogP contribution is 2.38. The normalized spacial score (nSPS) is 29.0. The number of aliphatic hydroxyl groups excluding tert-OH is 2. The second-order valence-electron chi connectivity index (χ2n) is 6.50. The van der Waals surface area contributed by atoms with Crippen LogP contribution in [0.3, 0.4) is 0 Å². The predicted molar refractivity (Wildman–Crippen MR) is 90.5 cm³/mol. The molecule has 0 aromatic carbocycles. The van der Waals surface area contributed by atoms with Gasteiger partial charge in [-0.25, -0.2) is 4.98 Å². The Balaban J connectivity index is 1.80. The number of hydrogen-bond acceptors (Lipinski definition) is 8. The Labute approximate surface area is 144 Å². The van der Waals surface area contributed by atoms with Crippen LogP contribution in [0.15, 0.2) is 6.33 Å². The standard InChI is InChI=1S/C16H20N6O3/c1-3-9-12(24)10(6-23)25-15(9)22-7-18-11-13(21(2)8-4-5-8)19-16(17)20-14(11)22/h1,7-10,12,15,23-24H,4-6H2,2H3,(H2,17,19,20)/t9?,10?,12-,15?/m0/s1. The van der Waals surface area contributed by atoms with E-state index in [-0.39, 0.29) is 12.6 Å². The van der Waals surface area contributed by atoms with E-state index in [2.05, 4.69) is 25.8 Å². The first kappa shape index (κ1) is 16.1. The van der Waals surface area contributed by atoms with Crippen LogP contribution in [-0.4, -0.2) is 61.6 Å². The van der Waals surface area contributed by atoms with Crippen molar-refractivity contribution < 1.29 is 14.9 Å². The van der Waals surface area contributed by atoms with E-state index in [9.17, 15) is 10.2 Å². The molecule has 4 rings (SSSR count). The lowest BCUT2D eigenvalue weighted by Gasteiger charge is -2.19. The molecular formula is C16H20N6O3. The van der Waals surface area contributed by atoms with Crippen LogP contribution in [0.4, 0.5) is 11.8 Å². The maximum absolute atomic E-state index is 10.2. The number of fused-ring (bicyclic) bond motifs is 1. The predicted octanol–water partition coefficient (Wildman–Crippen LogP) is -0.493. The lowest BCUT2D eigenvalue weighted by atomic mass is 10.0. The highest BCUT2D eigenvalue weighted by molar-refractivity contribution is 5.85. The van der Waals surface area contributed by atoms with Crippen LogP contribution >= 0.6 is 0 Å². The second-order valence-corrected chi connectivity index (χ2v) is 6.50. The molecule has 2 fully saturated rings. The molecule has 2 aromatic rings. The Bertz CT molecular complexity index is 842. The summed E-state index contributed by atoms with van der Waals surface area (Å²) in [5, 5.41) is 19.6. The van der Waals surface area contributed by atoms with Crippen LogP contribution in [0.1, 0.15) is 19.1 Å². The molecule has 0 spiro atoms. The van der Waals surface area contributed by atoms with Gasteiger partial charge in [0.15, 0.2) is 23.2 Å². The molecule has 1 saturated carbocycles. The van der Waals surface area contributed by atoms with Crippen molar-refractivity contribution in [1.82, 2.24) is 19.5 Å². The first-order chi connectivity index (χ1) is 12.0. The summed E-state index contributed by atoms with van der Waals surface area (Å²) in [4.78, 5) is 15.1. The number of terminal acetylenes is 1. The molecule has 132 valence electrons. The van der Waals surface area contributed by atoms with Crippen LogP contribution in [0, 0.1) is 18.3 Å². The lowest BCUT2D eigenvalue weighted by Crippen LogP contribution is -2.28. The molecule has 3 unspecified atom stereocenters. The Morgan fingerprint density at radius 3 is 2.88 bits per heavy atom. The fraction of sp³-hybridized carbons (Fsp3) is 0.562. The van der Waals surface area contributed by atoms with Crippen LogP contribution in [0.5, 0.6) is 0 Å². The summed E-state index contributed by atoms with van der Waals surface area (Å²) in [6.45, 7) is -0.324. The zero-order valence-corrected chi connectivity index (χ0v) is 13.8. The van der Waals surface area contributed by atoms with Gasteiger partial charge in [0.25, 0.3) is 0 Å². The van der Waals surface area contributed by atoms with E-state index < -0.39 is 24.4 Å². The second kappa shape index (κ2) is 5.84. The molecular weight excluding hydrogens is 324 g/mol. The summed E-state index contributed by atoms with van der Waals surface area (Å²) < 4.78 is 7.40. The van der Waals surface area contributed by atoms with Gasteiger partial charge in [0, 0.05) is 13.1 Å². The van der Waals surface area contributed by atoms with Crippen molar-refractivity contribution in [2.45, 2.75) is 37.3 Å². The van der Waals surface area contributed by atoms with Gasteiger partial charge in [0.2, 0.25) is 5.95 Å². The summed E-state index contributed by atoms with van der Waals surface area (Å²) in [7, 11) is 1.96. The third-order valence-corrected chi connectivity index (χ3v) is 4.87. The number of aliphatic hydroxyl groups is 2. The summed E-state index contributed by atoms with van der Waals surface area (Å²) in [5.41, 5.74) is 6.99. The van der Waals surface area contributed by atoms with Crippen molar-refractivity contribution in [3.63, 3.8) is 0 Å². The summed E-state index contributed by atoms with van der Waals surface area (Å²) >= 11 is 0. The van der Waals surface area contributed by atoms with E-state index >= 15 is 0 Å². The summed E-state index contributed by atoms with van der Waals surface area (Å²) in [6, 6.07) is 0.435. The molecule has 4 N–H and O–H groups in total. The lowest BCUT2D eigenvalue weighted by molar-refractivity contribution is -0.0441. The van der Waals surface area contributed by atoms with Crippen LogP contribution in [-0.2, 0) is 4.74 Å². The fourth-order valence-electron chi connectivity index (χ4n) is 3.30. The van der Waals surface area contributed by atoms with Gasteiger partial charge in [-0.2, -0.15) is 9.97 Å². The Hall–Kier alpha value is -2.41. The molecule has 2 aliphatic rings. The number of nitrogens with two attached hydrogens (primary N) is 1. The van der Waals surface area contributed by atoms with Gasteiger partial charge < -0.3 is 25.6 Å². The van der Waals surface area contributed by atoms with Gasteiger partial charge >= 0.3 is 0 Å². The van der Waals surface area contributed by atoms with Gasteiger partial charge in [0.1, 0.15) is 12.2 Å². The molecule has 4 atom stereocenters. The van der Waals surface area contributed by atoms with Crippen molar-refractivity contribution in [2.75, 3.05) is 24.3 Å². The van der Waals surface area contributed by atoms with Gasteiger partial charge in [-0.1, -0.05) is 5.92 Å². The van der Waals surface area contributed by atoms with Crippen LogP contribution in [0.25, 0.3) is 11.2 Å². The van der Waals surface area contributed by atoms with E-state index in [1.165, 1.54) is 0 Å². The molecule has 3 heterocycles. The number of aromatic nitrogens is 4. The Morgan fingerprint density at radius 1 is 1.48 bits per heavy atom. The average Bonchev–Trinajstić information content (AvgIpc) is 3.29. The fourth-order valence-corrected chi connectivity index (χ4v) is 3.30. The number of ether oxygens (including phenoxy) is 1. The molecule has 0 radical (unpaired) electrons. The van der Waals surface area contributed by atoms with E-state index in [0.29, 0.717) is 23.0 Å². The van der Waals surface area contributed by atoms with Gasteiger partial charge in [-0.3, -0.25) is 4.57 Å². The topological polar surface area (TPSA) is 123 Å². The molecule has 0 amide bonds. The number of imidazole rings is 1. The SMILES string of the molecule is C#CC1C(n2cnc3c(N(C)C4CC4)nc(N)nc32)OC(CO)[C@H]1O. The molecule has 0 bridgehead atoms. The number of anilines is 2. The van der Waals surface area contributed by atoms with Gasteiger partial charge in [-0.05, 0) is 12.8 Å². The van der Waals surface area contributed by atoms with E-state index in [1.54, 1.807) is 10.9 Å². The van der Waals surface area contributed by atoms with Crippen LogP contribution < -0.4 is 10.6 Å². The number of hydrogen-bond donors (Lipinski definition) is 3. The third-order valence-electron chi connectivity index (χ3n) is 4.87. The summed E-state index contributed by atoms with van der Waals surface area (Å²) in [6.07, 6.45) is 6.94. The minimum absolute atomic E-state index is 0.131. The molecule has 9 nitrogen and oxygen atoms in total. The zero-order valence-electron chi connectivity index (χ0n) is 13.8. The van der Waals surface area contributed by atoms with Crippen molar-refractivity contribution in [1.29, 1.82) is 0 Å². The molecule has 25 heavy (non-hydrogen) atoms. The summed E-state index contributed by atoms with van der Waals surface area (Å²) in [5.74, 6) is 2.71. The zero-order chi connectivity index (χ0) is 17.7. The van der Waals surface area contributed by atoms with Crippen molar-refractivity contribution in [2.24, 2.45) is 5.92 Å². The molecule has 9 heteroatoms. The first-order valence-corrected chi connectivity index (χ1v) is 8.18. The quantitative estimate of drug-likeness (QED) is 0.635. The van der Waals surface area contributed by atoms with Gasteiger partial charge in [0.05, 0.1) is 18.9 Å². The van der Waals surface area contributed by atoms with E-state index in [0.717, 1.165) is 12.8 Å². The van der Waals surface area contributed by atoms with Gasteiger partial charge in [-0.15, -0.1) is 6.42 Å².